The summed E-state index contributed by atoms with van der Waals surface area (Å²) in [5.74, 6) is -0.140. The van der Waals surface area contributed by atoms with Crippen molar-refractivity contribution in [1.29, 1.82) is 0 Å². The van der Waals surface area contributed by atoms with E-state index < -0.39 is 5.97 Å². The van der Waals surface area contributed by atoms with Crippen molar-refractivity contribution < 1.29 is 19.1 Å². The van der Waals surface area contributed by atoms with Gasteiger partial charge >= 0.3 is 5.97 Å². The van der Waals surface area contributed by atoms with Crippen molar-refractivity contribution in [3.63, 3.8) is 0 Å². The monoisotopic (exact) mass is 405 g/mol. The summed E-state index contributed by atoms with van der Waals surface area (Å²) in [6.45, 7) is -0.301. The molecule has 154 valence electrons. The van der Waals surface area contributed by atoms with Gasteiger partial charge in [-0.3, -0.25) is 4.79 Å². The smallest absolute Gasteiger partial charge is 0.331 e. The highest BCUT2D eigenvalue weighted by molar-refractivity contribution is 5.90. The van der Waals surface area contributed by atoms with Crippen LogP contribution in [-0.2, 0) is 14.3 Å². The van der Waals surface area contributed by atoms with Crippen molar-refractivity contribution >= 4 is 18.0 Å². The Labute approximate surface area is 175 Å². The molecular formula is C23H23N3O4. The lowest BCUT2D eigenvalue weighted by atomic mass is 10.1. The topological polar surface area (TPSA) is 73.7 Å². The van der Waals surface area contributed by atoms with Crippen LogP contribution in [0.5, 0.6) is 5.75 Å². The Kier molecular flexibility index (Phi) is 6.64. The lowest BCUT2D eigenvalue weighted by molar-refractivity contribution is -0.146. The van der Waals surface area contributed by atoms with Gasteiger partial charge in [0.25, 0.3) is 5.91 Å². The number of methoxy groups -OCH3 is 1. The molecular weight excluding hydrogens is 382 g/mol. The third-order valence-corrected chi connectivity index (χ3v) is 4.36. The van der Waals surface area contributed by atoms with Crippen molar-refractivity contribution in [1.82, 2.24) is 14.7 Å². The maximum absolute atomic E-state index is 12.0. The van der Waals surface area contributed by atoms with Crippen molar-refractivity contribution in [3.05, 3.63) is 72.4 Å². The number of rotatable bonds is 7. The zero-order valence-corrected chi connectivity index (χ0v) is 17.1. The van der Waals surface area contributed by atoms with Gasteiger partial charge < -0.3 is 14.4 Å². The van der Waals surface area contributed by atoms with Crippen LogP contribution in [0.15, 0.2) is 66.9 Å². The van der Waals surface area contributed by atoms with Gasteiger partial charge in [-0.05, 0) is 42.5 Å². The number of ether oxygens (including phenoxy) is 2. The summed E-state index contributed by atoms with van der Waals surface area (Å²) in [5, 5.41) is 4.69. The Balaban J connectivity index is 1.88. The van der Waals surface area contributed by atoms with Crippen molar-refractivity contribution in [2.45, 2.75) is 0 Å². The zero-order valence-electron chi connectivity index (χ0n) is 17.1. The number of amides is 1. The molecule has 0 bridgehead atoms. The molecule has 7 heteroatoms. The van der Waals surface area contributed by atoms with Gasteiger partial charge in [0.05, 0.1) is 18.5 Å². The molecule has 1 amide bonds. The maximum Gasteiger partial charge on any atom is 0.331 e. The molecule has 0 spiro atoms. The summed E-state index contributed by atoms with van der Waals surface area (Å²) in [5.41, 5.74) is 3.21. The molecule has 0 N–H and O–H groups in total. The number of nitrogens with zero attached hydrogens (tertiary/aromatic N) is 3. The lowest BCUT2D eigenvalue weighted by Gasteiger charge is -2.09. The Morgan fingerprint density at radius 1 is 1.07 bits per heavy atom. The lowest BCUT2D eigenvalue weighted by Crippen LogP contribution is -2.27. The van der Waals surface area contributed by atoms with Gasteiger partial charge in [0.15, 0.2) is 6.61 Å². The first-order valence-electron chi connectivity index (χ1n) is 9.32. The van der Waals surface area contributed by atoms with Crippen LogP contribution in [0.1, 0.15) is 5.56 Å². The molecule has 0 saturated heterocycles. The van der Waals surface area contributed by atoms with Crippen molar-refractivity contribution in [2.24, 2.45) is 0 Å². The first-order valence-corrected chi connectivity index (χ1v) is 9.32. The van der Waals surface area contributed by atoms with Gasteiger partial charge in [0, 0.05) is 37.5 Å². The summed E-state index contributed by atoms with van der Waals surface area (Å²) in [7, 11) is 4.82. The van der Waals surface area contributed by atoms with Crippen LogP contribution < -0.4 is 4.74 Å². The second-order valence-electron chi connectivity index (χ2n) is 6.67. The molecule has 0 atom stereocenters. The molecule has 1 heterocycles. The molecule has 0 fully saturated rings. The van der Waals surface area contributed by atoms with E-state index in [9.17, 15) is 9.59 Å². The fourth-order valence-electron chi connectivity index (χ4n) is 2.66. The van der Waals surface area contributed by atoms with Crippen LogP contribution in [0.25, 0.3) is 23.0 Å². The predicted molar refractivity (Wildman–Crippen MR) is 114 cm³/mol. The fourth-order valence-corrected chi connectivity index (χ4v) is 2.66. The molecule has 0 unspecified atom stereocenters. The second-order valence-corrected chi connectivity index (χ2v) is 6.67. The van der Waals surface area contributed by atoms with Gasteiger partial charge in [-0.15, -0.1) is 0 Å². The van der Waals surface area contributed by atoms with E-state index in [1.54, 1.807) is 32.0 Å². The molecule has 0 radical (unpaired) electrons. The van der Waals surface area contributed by atoms with Crippen LogP contribution in [0.2, 0.25) is 0 Å². The summed E-state index contributed by atoms with van der Waals surface area (Å²) in [4.78, 5) is 25.0. The first-order chi connectivity index (χ1) is 14.5. The van der Waals surface area contributed by atoms with E-state index in [1.807, 2.05) is 60.8 Å². The summed E-state index contributed by atoms with van der Waals surface area (Å²) in [6, 6.07) is 17.2. The molecule has 0 aliphatic heterocycles. The Morgan fingerprint density at radius 2 is 1.77 bits per heavy atom. The predicted octanol–water partition coefficient (Wildman–Crippen LogP) is 3.19. The van der Waals surface area contributed by atoms with Gasteiger partial charge in [-0.25, -0.2) is 9.48 Å². The van der Waals surface area contributed by atoms with Crippen LogP contribution in [0.3, 0.4) is 0 Å². The SMILES string of the molecule is COc1ccc(-c2nn(-c3ccccc3)cc2/C=C/C(=O)OCC(=O)N(C)C)cc1. The normalized spacial score (nSPS) is 10.8. The average molecular weight is 405 g/mol. The molecule has 3 rings (SSSR count). The number of hydrogen-bond acceptors (Lipinski definition) is 5. The van der Waals surface area contributed by atoms with E-state index in [1.165, 1.54) is 11.0 Å². The molecule has 0 saturated carbocycles. The van der Waals surface area contributed by atoms with E-state index in [2.05, 4.69) is 0 Å². The Morgan fingerprint density at radius 3 is 2.40 bits per heavy atom. The van der Waals surface area contributed by atoms with Crippen LogP contribution in [-0.4, -0.2) is 54.4 Å². The highest BCUT2D eigenvalue weighted by atomic mass is 16.5. The van der Waals surface area contributed by atoms with Crippen LogP contribution in [0.4, 0.5) is 0 Å². The molecule has 0 aliphatic rings. The fraction of sp³-hybridized carbons (Fsp3) is 0.174. The van der Waals surface area contributed by atoms with Crippen LogP contribution in [0, 0.1) is 0 Å². The van der Waals surface area contributed by atoms with E-state index >= 15 is 0 Å². The van der Waals surface area contributed by atoms with E-state index in [4.69, 9.17) is 14.6 Å². The number of likely N-dealkylation sites (N-methyl/N-ethyl adjacent to an activating group) is 1. The molecule has 1 aromatic heterocycles. The van der Waals surface area contributed by atoms with E-state index in [-0.39, 0.29) is 12.5 Å². The summed E-state index contributed by atoms with van der Waals surface area (Å²) >= 11 is 0. The number of carbonyl (C=O) groups is 2. The van der Waals surface area contributed by atoms with E-state index in [0.717, 1.165) is 22.6 Å². The highest BCUT2D eigenvalue weighted by Crippen LogP contribution is 2.26. The number of benzene rings is 2. The van der Waals surface area contributed by atoms with Gasteiger partial charge in [0.2, 0.25) is 0 Å². The Hall–Kier alpha value is -3.87. The summed E-state index contributed by atoms with van der Waals surface area (Å²) < 4.78 is 12.0. The number of hydrogen-bond donors (Lipinski definition) is 0. The zero-order chi connectivity index (χ0) is 21.5. The quantitative estimate of drug-likeness (QED) is 0.446. The largest absolute Gasteiger partial charge is 0.497 e. The average Bonchev–Trinajstić information content (AvgIpc) is 3.21. The minimum Gasteiger partial charge on any atom is -0.497 e. The molecule has 0 aliphatic carbocycles. The number of esters is 1. The number of aromatic nitrogens is 2. The van der Waals surface area contributed by atoms with Crippen molar-refractivity contribution in [3.8, 4) is 22.7 Å². The van der Waals surface area contributed by atoms with Gasteiger partial charge in [0.1, 0.15) is 5.75 Å². The van der Waals surface area contributed by atoms with Gasteiger partial charge in [-0.1, -0.05) is 18.2 Å². The molecule has 7 nitrogen and oxygen atoms in total. The summed E-state index contributed by atoms with van der Waals surface area (Å²) in [6.07, 6.45) is 4.76. The maximum atomic E-state index is 12.0. The highest BCUT2D eigenvalue weighted by Gasteiger charge is 2.12. The van der Waals surface area contributed by atoms with Crippen LogP contribution >= 0.6 is 0 Å². The molecule has 3 aromatic rings. The Bertz CT molecular complexity index is 1040. The van der Waals surface area contributed by atoms with E-state index in [0.29, 0.717) is 5.69 Å². The molecule has 30 heavy (non-hydrogen) atoms. The molecule has 2 aromatic carbocycles. The standard InChI is InChI=1S/C23H23N3O4/c1-25(2)21(27)16-30-22(28)14-11-18-15-26(19-7-5-4-6-8-19)24-23(18)17-9-12-20(29-3)13-10-17/h4-15H,16H2,1-3H3/b14-11+. The van der Waals surface area contributed by atoms with Gasteiger partial charge in [-0.2, -0.15) is 5.10 Å². The van der Waals surface area contributed by atoms with Crippen molar-refractivity contribution in [2.75, 3.05) is 27.8 Å². The first kappa shape index (κ1) is 20.9. The number of carbonyl (C=O) groups excluding carboxylic acids is 2. The third-order valence-electron chi connectivity index (χ3n) is 4.36. The minimum atomic E-state index is -0.599. The minimum absolute atomic E-state index is 0.285. The second kappa shape index (κ2) is 9.56. The third kappa shape index (κ3) is 5.14. The number of para-hydroxylation sites is 1.